The van der Waals surface area contributed by atoms with Crippen LogP contribution >= 0.6 is 0 Å². The van der Waals surface area contributed by atoms with Crippen molar-refractivity contribution in [2.45, 2.75) is 44.7 Å². The van der Waals surface area contributed by atoms with E-state index < -0.39 is 0 Å². The third kappa shape index (κ3) is 3.80. The highest BCUT2D eigenvalue weighted by Crippen LogP contribution is 2.27. The highest BCUT2D eigenvalue weighted by molar-refractivity contribution is 5.72. The summed E-state index contributed by atoms with van der Waals surface area (Å²) in [6, 6.07) is 11.4. The summed E-state index contributed by atoms with van der Waals surface area (Å²) < 4.78 is 4.82. The van der Waals surface area contributed by atoms with Crippen molar-refractivity contribution in [3.05, 3.63) is 35.9 Å². The van der Waals surface area contributed by atoms with Crippen LogP contribution in [0.5, 0.6) is 0 Å². The number of nitrogens with one attached hydrogen (secondary N) is 1. The van der Waals surface area contributed by atoms with E-state index in [2.05, 4.69) is 36.5 Å². The largest absolute Gasteiger partial charge is 0.469 e. The first kappa shape index (κ1) is 14.1. The van der Waals surface area contributed by atoms with Gasteiger partial charge in [0.05, 0.1) is 13.0 Å². The minimum Gasteiger partial charge on any atom is -0.469 e. The monoisotopic (exact) mass is 261 g/mol. The Labute approximate surface area is 115 Å². The Hall–Kier alpha value is -1.35. The summed E-state index contributed by atoms with van der Waals surface area (Å²) in [5.41, 5.74) is 1.32. The molecule has 0 bridgehead atoms. The van der Waals surface area contributed by atoms with E-state index in [0.29, 0.717) is 12.1 Å². The van der Waals surface area contributed by atoms with Gasteiger partial charge in [0, 0.05) is 12.1 Å². The summed E-state index contributed by atoms with van der Waals surface area (Å²) in [6.45, 7) is 2.20. The van der Waals surface area contributed by atoms with E-state index in [4.69, 9.17) is 4.74 Å². The number of benzene rings is 1. The Bertz CT molecular complexity index is 396. The Morgan fingerprint density at radius 1 is 1.21 bits per heavy atom. The Morgan fingerprint density at radius 2 is 1.84 bits per heavy atom. The SMILES string of the molecule is COC(=O)C1CCC(NC(C)c2ccccc2)CC1. The Morgan fingerprint density at radius 3 is 2.42 bits per heavy atom. The van der Waals surface area contributed by atoms with Gasteiger partial charge in [-0.3, -0.25) is 4.79 Å². The molecule has 2 rings (SSSR count). The van der Waals surface area contributed by atoms with Crippen LogP contribution in [0.3, 0.4) is 0 Å². The predicted molar refractivity (Wildman–Crippen MR) is 75.8 cm³/mol. The lowest BCUT2D eigenvalue weighted by Crippen LogP contribution is -2.36. The van der Waals surface area contributed by atoms with Crippen molar-refractivity contribution in [1.82, 2.24) is 5.32 Å². The van der Waals surface area contributed by atoms with E-state index in [9.17, 15) is 4.79 Å². The van der Waals surface area contributed by atoms with E-state index in [1.807, 2.05) is 6.07 Å². The first-order chi connectivity index (χ1) is 9.20. The summed E-state index contributed by atoms with van der Waals surface area (Å²) in [4.78, 5) is 11.5. The molecule has 104 valence electrons. The van der Waals surface area contributed by atoms with Crippen molar-refractivity contribution in [1.29, 1.82) is 0 Å². The molecule has 0 spiro atoms. The zero-order chi connectivity index (χ0) is 13.7. The maximum Gasteiger partial charge on any atom is 0.308 e. The molecule has 1 aromatic rings. The Kier molecular flexibility index (Phi) is 4.97. The van der Waals surface area contributed by atoms with Gasteiger partial charge in [0.2, 0.25) is 0 Å². The fourth-order valence-electron chi connectivity index (χ4n) is 2.85. The third-order valence-corrected chi connectivity index (χ3v) is 4.05. The van der Waals surface area contributed by atoms with Crippen LogP contribution < -0.4 is 5.32 Å². The van der Waals surface area contributed by atoms with Crippen molar-refractivity contribution < 1.29 is 9.53 Å². The zero-order valence-electron chi connectivity index (χ0n) is 11.8. The second-order valence-electron chi connectivity index (χ2n) is 5.37. The number of methoxy groups -OCH3 is 1. The van der Waals surface area contributed by atoms with Gasteiger partial charge in [0.25, 0.3) is 0 Å². The van der Waals surface area contributed by atoms with E-state index >= 15 is 0 Å². The number of esters is 1. The van der Waals surface area contributed by atoms with Gasteiger partial charge in [0.1, 0.15) is 0 Å². The van der Waals surface area contributed by atoms with Crippen LogP contribution in [-0.2, 0) is 9.53 Å². The highest BCUT2D eigenvalue weighted by Gasteiger charge is 2.27. The molecule has 19 heavy (non-hydrogen) atoms. The minimum absolute atomic E-state index is 0.0467. The quantitative estimate of drug-likeness (QED) is 0.847. The number of carbonyl (C=O) groups excluding carboxylic acids is 1. The van der Waals surface area contributed by atoms with E-state index in [0.717, 1.165) is 25.7 Å². The Balaban J connectivity index is 1.81. The summed E-state index contributed by atoms with van der Waals surface area (Å²) in [7, 11) is 1.48. The summed E-state index contributed by atoms with van der Waals surface area (Å²) in [5.74, 6) is 0.0599. The molecule has 1 saturated carbocycles. The number of ether oxygens (including phenoxy) is 1. The van der Waals surface area contributed by atoms with E-state index in [-0.39, 0.29) is 11.9 Å². The lowest BCUT2D eigenvalue weighted by molar-refractivity contribution is -0.146. The maximum absolute atomic E-state index is 11.5. The number of hydrogen-bond acceptors (Lipinski definition) is 3. The normalized spacial score (nSPS) is 24.7. The second kappa shape index (κ2) is 6.71. The average molecular weight is 261 g/mol. The molecule has 0 saturated heterocycles. The van der Waals surface area contributed by atoms with Gasteiger partial charge in [-0.05, 0) is 38.2 Å². The predicted octanol–water partition coefficient (Wildman–Crippen LogP) is 3.07. The van der Waals surface area contributed by atoms with Gasteiger partial charge in [-0.1, -0.05) is 30.3 Å². The molecular weight excluding hydrogens is 238 g/mol. The van der Waals surface area contributed by atoms with Gasteiger partial charge in [-0.25, -0.2) is 0 Å². The molecule has 0 aliphatic heterocycles. The lowest BCUT2D eigenvalue weighted by atomic mass is 9.85. The standard InChI is InChI=1S/C16H23NO2/c1-12(13-6-4-3-5-7-13)17-15-10-8-14(9-11-15)16(18)19-2/h3-7,12,14-15,17H,8-11H2,1-2H3. The molecule has 0 amide bonds. The van der Waals surface area contributed by atoms with Gasteiger partial charge < -0.3 is 10.1 Å². The van der Waals surface area contributed by atoms with Crippen molar-refractivity contribution in [2.75, 3.05) is 7.11 Å². The molecule has 1 atom stereocenters. The first-order valence-electron chi connectivity index (χ1n) is 7.09. The molecule has 1 unspecified atom stereocenters. The van der Waals surface area contributed by atoms with Crippen molar-refractivity contribution in [3.63, 3.8) is 0 Å². The van der Waals surface area contributed by atoms with E-state index in [1.54, 1.807) is 0 Å². The van der Waals surface area contributed by atoms with Crippen LogP contribution in [0.2, 0.25) is 0 Å². The molecule has 1 aliphatic rings. The van der Waals surface area contributed by atoms with Gasteiger partial charge in [-0.2, -0.15) is 0 Å². The molecule has 0 heterocycles. The van der Waals surface area contributed by atoms with Crippen LogP contribution in [0.25, 0.3) is 0 Å². The molecule has 1 aliphatic carbocycles. The topological polar surface area (TPSA) is 38.3 Å². The van der Waals surface area contributed by atoms with Crippen molar-refractivity contribution in [2.24, 2.45) is 5.92 Å². The average Bonchev–Trinajstić information content (AvgIpc) is 2.48. The van der Waals surface area contributed by atoms with E-state index in [1.165, 1.54) is 12.7 Å². The third-order valence-electron chi connectivity index (χ3n) is 4.05. The maximum atomic E-state index is 11.5. The van der Waals surface area contributed by atoms with Gasteiger partial charge in [-0.15, -0.1) is 0 Å². The molecule has 0 radical (unpaired) electrons. The lowest BCUT2D eigenvalue weighted by Gasteiger charge is -2.30. The first-order valence-corrected chi connectivity index (χ1v) is 7.09. The van der Waals surface area contributed by atoms with Crippen molar-refractivity contribution >= 4 is 5.97 Å². The van der Waals surface area contributed by atoms with Crippen LogP contribution in [0.1, 0.15) is 44.2 Å². The molecule has 3 nitrogen and oxygen atoms in total. The molecule has 1 N–H and O–H groups in total. The fourth-order valence-corrected chi connectivity index (χ4v) is 2.85. The highest BCUT2D eigenvalue weighted by atomic mass is 16.5. The molecule has 0 aromatic heterocycles. The van der Waals surface area contributed by atoms with Crippen LogP contribution in [0.4, 0.5) is 0 Å². The molecular formula is C16H23NO2. The second-order valence-corrected chi connectivity index (χ2v) is 5.37. The van der Waals surface area contributed by atoms with Crippen molar-refractivity contribution in [3.8, 4) is 0 Å². The molecule has 3 heteroatoms. The van der Waals surface area contributed by atoms with Gasteiger partial charge >= 0.3 is 5.97 Å². The smallest absolute Gasteiger partial charge is 0.308 e. The summed E-state index contributed by atoms with van der Waals surface area (Å²) >= 11 is 0. The van der Waals surface area contributed by atoms with Crippen LogP contribution in [0, 0.1) is 5.92 Å². The summed E-state index contributed by atoms with van der Waals surface area (Å²) in [5, 5.41) is 3.66. The molecule has 1 aromatic carbocycles. The number of rotatable bonds is 4. The zero-order valence-corrected chi connectivity index (χ0v) is 11.8. The number of hydrogen-bond donors (Lipinski definition) is 1. The van der Waals surface area contributed by atoms with Crippen LogP contribution in [0.15, 0.2) is 30.3 Å². The van der Waals surface area contributed by atoms with Gasteiger partial charge in [0.15, 0.2) is 0 Å². The minimum atomic E-state index is -0.0467. The van der Waals surface area contributed by atoms with Crippen LogP contribution in [-0.4, -0.2) is 19.1 Å². The number of carbonyl (C=O) groups is 1. The fraction of sp³-hybridized carbons (Fsp3) is 0.562. The summed E-state index contributed by atoms with van der Waals surface area (Å²) in [6.07, 6.45) is 3.98. The molecule has 1 fully saturated rings.